The molecule has 0 heterocycles. The number of hydrogen-bond donors (Lipinski definition) is 2. The molecule has 0 bridgehead atoms. The van der Waals surface area contributed by atoms with Crippen molar-refractivity contribution in [2.24, 2.45) is 0 Å². The molecule has 122 valence electrons. The number of urea groups is 1. The number of unbranched alkanes of at least 4 members (excludes halogenated alkanes) is 1. The molecule has 0 spiro atoms. The van der Waals surface area contributed by atoms with E-state index in [-0.39, 0.29) is 5.97 Å². The lowest BCUT2D eigenvalue weighted by Crippen LogP contribution is -2.44. The Morgan fingerprint density at radius 3 is 2.64 bits per heavy atom. The molecule has 0 aliphatic carbocycles. The number of carbonyl (C=O) groups excluding carboxylic acids is 2. The second-order valence-electron chi connectivity index (χ2n) is 4.75. The third-order valence-electron chi connectivity index (χ3n) is 3.08. The first kappa shape index (κ1) is 18.4. The first-order chi connectivity index (χ1) is 10.6. The molecule has 1 aromatic rings. The summed E-state index contributed by atoms with van der Waals surface area (Å²) >= 11 is 1.55. The highest BCUT2D eigenvalue weighted by Gasteiger charge is 2.21. The van der Waals surface area contributed by atoms with E-state index < -0.39 is 12.1 Å². The van der Waals surface area contributed by atoms with Crippen LogP contribution in [0, 0.1) is 0 Å². The minimum atomic E-state index is -0.610. The predicted octanol–water partition coefficient (Wildman–Crippen LogP) is 3.65. The van der Waals surface area contributed by atoms with Crippen molar-refractivity contribution in [2.45, 2.75) is 44.0 Å². The van der Waals surface area contributed by atoms with Crippen LogP contribution >= 0.6 is 11.8 Å². The number of carbonyl (C=O) groups is 2. The van der Waals surface area contributed by atoms with Crippen LogP contribution < -0.4 is 10.6 Å². The van der Waals surface area contributed by atoms with Gasteiger partial charge in [0.1, 0.15) is 6.04 Å². The van der Waals surface area contributed by atoms with Crippen LogP contribution in [0.25, 0.3) is 0 Å². The largest absolute Gasteiger partial charge is 0.464 e. The second-order valence-corrected chi connectivity index (χ2v) is 5.59. The summed E-state index contributed by atoms with van der Waals surface area (Å²) in [6.45, 7) is 4.10. The summed E-state index contributed by atoms with van der Waals surface area (Å²) in [5, 5.41) is 5.49. The van der Waals surface area contributed by atoms with Crippen LogP contribution in [-0.4, -0.2) is 30.9 Å². The van der Waals surface area contributed by atoms with E-state index in [1.807, 2.05) is 37.4 Å². The molecule has 1 rings (SSSR count). The lowest BCUT2D eigenvalue weighted by atomic mass is 10.1. The van der Waals surface area contributed by atoms with Gasteiger partial charge in [-0.2, -0.15) is 0 Å². The average Bonchev–Trinajstić information content (AvgIpc) is 2.52. The number of hydrogen-bond acceptors (Lipinski definition) is 4. The Balaban J connectivity index is 2.67. The zero-order valence-corrected chi connectivity index (χ0v) is 14.2. The molecular formula is C16H24N2O3S. The smallest absolute Gasteiger partial charge is 0.328 e. The maximum absolute atomic E-state index is 12.1. The van der Waals surface area contributed by atoms with Gasteiger partial charge in [0.15, 0.2) is 0 Å². The number of nitrogens with one attached hydrogen (secondary N) is 2. The summed E-state index contributed by atoms with van der Waals surface area (Å²) in [6.07, 6.45) is 4.33. The number of thioether (sulfide) groups is 1. The standard InChI is InChI=1S/C16H24N2O3S/c1-4-6-9-13(15(19)21-5-2)18-16(20)17-12-10-7-8-11-14(12)22-3/h7-8,10-11,13H,4-6,9H2,1-3H3,(H2,17,18,20). The van der Waals surface area contributed by atoms with Gasteiger partial charge < -0.3 is 15.4 Å². The van der Waals surface area contributed by atoms with Crippen LogP contribution in [0.2, 0.25) is 0 Å². The molecule has 5 nitrogen and oxygen atoms in total. The number of rotatable bonds is 8. The summed E-state index contributed by atoms with van der Waals surface area (Å²) in [5.41, 5.74) is 0.727. The van der Waals surface area contributed by atoms with Gasteiger partial charge in [-0.1, -0.05) is 31.9 Å². The van der Waals surface area contributed by atoms with Crippen LogP contribution in [0.3, 0.4) is 0 Å². The van der Waals surface area contributed by atoms with Crippen LogP contribution in [0.5, 0.6) is 0 Å². The maximum Gasteiger partial charge on any atom is 0.328 e. The van der Waals surface area contributed by atoms with Crippen LogP contribution in [0.15, 0.2) is 29.2 Å². The molecule has 2 amide bonds. The van der Waals surface area contributed by atoms with Gasteiger partial charge in [0.2, 0.25) is 0 Å². The molecule has 1 aromatic carbocycles. The van der Waals surface area contributed by atoms with Crippen molar-refractivity contribution in [2.75, 3.05) is 18.2 Å². The summed E-state index contributed by atoms with van der Waals surface area (Å²) in [4.78, 5) is 25.0. The van der Waals surface area contributed by atoms with E-state index in [1.54, 1.807) is 18.7 Å². The zero-order valence-electron chi connectivity index (χ0n) is 13.3. The maximum atomic E-state index is 12.1. The third kappa shape index (κ3) is 5.97. The van der Waals surface area contributed by atoms with Crippen molar-refractivity contribution >= 4 is 29.4 Å². The highest BCUT2D eigenvalue weighted by Crippen LogP contribution is 2.24. The number of amides is 2. The van der Waals surface area contributed by atoms with E-state index in [1.165, 1.54) is 0 Å². The normalized spacial score (nSPS) is 11.6. The number of ether oxygens (including phenoxy) is 1. The van der Waals surface area contributed by atoms with Gasteiger partial charge in [-0.25, -0.2) is 9.59 Å². The summed E-state index contributed by atoms with van der Waals surface area (Å²) in [5.74, 6) is -0.385. The fourth-order valence-electron chi connectivity index (χ4n) is 1.96. The van der Waals surface area contributed by atoms with Gasteiger partial charge in [0.05, 0.1) is 12.3 Å². The minimum absolute atomic E-state index is 0.306. The van der Waals surface area contributed by atoms with Crippen LogP contribution in [0.4, 0.5) is 10.5 Å². The number of esters is 1. The van der Waals surface area contributed by atoms with Gasteiger partial charge in [-0.3, -0.25) is 0 Å². The number of benzene rings is 1. The molecule has 0 saturated carbocycles. The Kier molecular flexibility index (Phi) is 8.43. The molecular weight excluding hydrogens is 300 g/mol. The Morgan fingerprint density at radius 1 is 1.27 bits per heavy atom. The molecule has 22 heavy (non-hydrogen) atoms. The van der Waals surface area contributed by atoms with Crippen molar-refractivity contribution in [1.82, 2.24) is 5.32 Å². The number of para-hydroxylation sites is 1. The third-order valence-corrected chi connectivity index (χ3v) is 3.87. The first-order valence-corrected chi connectivity index (χ1v) is 8.72. The summed E-state index contributed by atoms with van der Waals surface area (Å²) in [6, 6.07) is 6.53. The average molecular weight is 324 g/mol. The van der Waals surface area contributed by atoms with Crippen LogP contribution in [-0.2, 0) is 9.53 Å². The molecule has 2 N–H and O–H groups in total. The van der Waals surface area contributed by atoms with Crippen molar-refractivity contribution in [3.8, 4) is 0 Å². The van der Waals surface area contributed by atoms with E-state index in [0.717, 1.165) is 23.4 Å². The molecule has 6 heteroatoms. The summed E-state index contributed by atoms with van der Waals surface area (Å²) in [7, 11) is 0. The molecule has 0 radical (unpaired) electrons. The monoisotopic (exact) mass is 324 g/mol. The minimum Gasteiger partial charge on any atom is -0.464 e. The molecule has 0 aliphatic rings. The molecule has 0 saturated heterocycles. The Hall–Kier alpha value is -1.69. The van der Waals surface area contributed by atoms with E-state index in [2.05, 4.69) is 10.6 Å². The fraction of sp³-hybridized carbons (Fsp3) is 0.500. The zero-order chi connectivity index (χ0) is 16.4. The Morgan fingerprint density at radius 2 is 2.00 bits per heavy atom. The Bertz CT molecular complexity index is 494. The van der Waals surface area contributed by atoms with Gasteiger partial charge in [-0.05, 0) is 31.7 Å². The first-order valence-electron chi connectivity index (χ1n) is 7.49. The molecule has 0 fully saturated rings. The lowest BCUT2D eigenvalue weighted by molar-refractivity contribution is -0.145. The quantitative estimate of drug-likeness (QED) is 0.566. The van der Waals surface area contributed by atoms with Crippen molar-refractivity contribution < 1.29 is 14.3 Å². The van der Waals surface area contributed by atoms with Gasteiger partial charge in [-0.15, -0.1) is 11.8 Å². The van der Waals surface area contributed by atoms with E-state index in [0.29, 0.717) is 13.0 Å². The van der Waals surface area contributed by atoms with E-state index >= 15 is 0 Å². The van der Waals surface area contributed by atoms with Crippen molar-refractivity contribution in [3.63, 3.8) is 0 Å². The van der Waals surface area contributed by atoms with Crippen molar-refractivity contribution in [3.05, 3.63) is 24.3 Å². The molecule has 0 aliphatic heterocycles. The Labute approximate surface area is 136 Å². The summed E-state index contributed by atoms with van der Waals surface area (Å²) < 4.78 is 5.01. The SMILES string of the molecule is CCCCC(NC(=O)Nc1ccccc1SC)C(=O)OCC. The van der Waals surface area contributed by atoms with E-state index in [4.69, 9.17) is 4.74 Å². The van der Waals surface area contributed by atoms with Gasteiger partial charge in [0.25, 0.3) is 0 Å². The predicted molar refractivity (Wildman–Crippen MR) is 90.3 cm³/mol. The van der Waals surface area contributed by atoms with Crippen molar-refractivity contribution in [1.29, 1.82) is 0 Å². The highest BCUT2D eigenvalue weighted by molar-refractivity contribution is 7.98. The highest BCUT2D eigenvalue weighted by atomic mass is 32.2. The fourth-order valence-corrected chi connectivity index (χ4v) is 2.52. The van der Waals surface area contributed by atoms with Crippen LogP contribution in [0.1, 0.15) is 33.1 Å². The second kappa shape index (κ2) is 10.1. The lowest BCUT2D eigenvalue weighted by Gasteiger charge is -2.18. The van der Waals surface area contributed by atoms with E-state index in [9.17, 15) is 9.59 Å². The molecule has 1 atom stereocenters. The molecule has 0 aromatic heterocycles. The topological polar surface area (TPSA) is 67.4 Å². The molecule has 1 unspecified atom stereocenters. The number of anilines is 1. The van der Waals surface area contributed by atoms with Gasteiger partial charge in [0, 0.05) is 4.90 Å². The van der Waals surface area contributed by atoms with Gasteiger partial charge >= 0.3 is 12.0 Å².